The maximum atomic E-state index is 12.8. The molecule has 0 radical (unpaired) electrons. The van der Waals surface area contributed by atoms with Crippen molar-refractivity contribution in [3.05, 3.63) is 16.8 Å². The summed E-state index contributed by atoms with van der Waals surface area (Å²) in [6.07, 6.45) is 0. The second-order valence-electron chi connectivity index (χ2n) is 3.61. The first-order chi connectivity index (χ1) is 7.91. The third-order valence-electron chi connectivity index (χ3n) is 2.31. The first kappa shape index (κ1) is 13.3. The Hall–Kier alpha value is -1.81. The number of aryl methyl sites for hydroxylation is 1. The lowest BCUT2D eigenvalue weighted by atomic mass is 10.1. The van der Waals surface area contributed by atoms with Crippen molar-refractivity contribution in [2.24, 2.45) is 0 Å². The highest BCUT2D eigenvalue weighted by Gasteiger charge is 2.28. The minimum absolute atomic E-state index is 0.00345. The number of hydrogen-bond donors (Lipinski definition) is 2. The number of hydrogen-bond acceptors (Lipinski definition) is 5. The zero-order chi connectivity index (χ0) is 13.1. The molecular weight excluding hydrogens is 230 g/mol. The van der Waals surface area contributed by atoms with Crippen LogP contribution < -0.4 is 5.32 Å². The molecule has 0 aliphatic rings. The molecular formula is C10H12F2N4O. The van der Waals surface area contributed by atoms with Gasteiger partial charge >= 0.3 is 0 Å². The Kier molecular flexibility index (Phi) is 3.91. The van der Waals surface area contributed by atoms with Crippen LogP contribution in [0.4, 0.5) is 14.6 Å². The largest absolute Gasteiger partial charge is 0.390 e. The van der Waals surface area contributed by atoms with Gasteiger partial charge in [-0.05, 0) is 19.4 Å². The average molecular weight is 242 g/mol. The van der Waals surface area contributed by atoms with Gasteiger partial charge in [0.1, 0.15) is 18.2 Å². The molecule has 0 atom stereocenters. The van der Waals surface area contributed by atoms with Gasteiger partial charge in [-0.3, -0.25) is 0 Å². The molecule has 17 heavy (non-hydrogen) atoms. The molecule has 0 amide bonds. The number of rotatable bonds is 4. The standard InChI is InChI=1S/C10H12F2N4O/c1-6-7(2)15-16-9(8(6)3-13)14-4-10(11,12)5-17/h17H,4-5H2,1-2H3,(H,14,16). The lowest BCUT2D eigenvalue weighted by molar-refractivity contribution is -0.0373. The molecule has 0 unspecified atom stereocenters. The number of nitriles is 1. The predicted octanol–water partition coefficient (Wildman–Crippen LogP) is 1.00. The van der Waals surface area contributed by atoms with Crippen LogP contribution in [-0.4, -0.2) is 34.4 Å². The molecule has 0 bridgehead atoms. The molecule has 1 heterocycles. The van der Waals surface area contributed by atoms with Gasteiger partial charge in [0.2, 0.25) is 0 Å². The fourth-order valence-corrected chi connectivity index (χ4v) is 1.14. The summed E-state index contributed by atoms with van der Waals surface area (Å²) in [6.45, 7) is 1.28. The van der Waals surface area contributed by atoms with Crippen LogP contribution in [0.5, 0.6) is 0 Å². The van der Waals surface area contributed by atoms with E-state index in [1.165, 1.54) is 0 Å². The molecule has 0 aromatic carbocycles. The van der Waals surface area contributed by atoms with Gasteiger partial charge < -0.3 is 10.4 Å². The summed E-state index contributed by atoms with van der Waals surface area (Å²) >= 11 is 0. The van der Waals surface area contributed by atoms with E-state index in [1.807, 2.05) is 6.07 Å². The number of nitrogens with zero attached hydrogens (tertiary/aromatic N) is 3. The second-order valence-corrected chi connectivity index (χ2v) is 3.61. The van der Waals surface area contributed by atoms with E-state index in [4.69, 9.17) is 10.4 Å². The zero-order valence-electron chi connectivity index (χ0n) is 9.46. The van der Waals surface area contributed by atoms with Crippen molar-refractivity contribution in [1.82, 2.24) is 10.2 Å². The van der Waals surface area contributed by atoms with Crippen LogP contribution in [0, 0.1) is 25.2 Å². The van der Waals surface area contributed by atoms with Crippen molar-refractivity contribution in [3.63, 3.8) is 0 Å². The molecule has 5 nitrogen and oxygen atoms in total. The number of nitrogens with one attached hydrogen (secondary N) is 1. The summed E-state index contributed by atoms with van der Waals surface area (Å²) in [5.41, 5.74) is 1.35. The number of aromatic nitrogens is 2. The number of alkyl halides is 2. The summed E-state index contributed by atoms with van der Waals surface area (Å²) in [5, 5.41) is 27.0. The number of aliphatic hydroxyl groups is 1. The van der Waals surface area contributed by atoms with Crippen LogP contribution in [0.15, 0.2) is 0 Å². The monoisotopic (exact) mass is 242 g/mol. The van der Waals surface area contributed by atoms with Crippen molar-refractivity contribution >= 4 is 5.82 Å². The van der Waals surface area contributed by atoms with Crippen LogP contribution in [0.25, 0.3) is 0 Å². The van der Waals surface area contributed by atoms with Crippen molar-refractivity contribution in [2.75, 3.05) is 18.5 Å². The minimum Gasteiger partial charge on any atom is -0.390 e. The number of aliphatic hydroxyl groups excluding tert-OH is 1. The molecule has 0 fully saturated rings. The molecule has 0 spiro atoms. The van der Waals surface area contributed by atoms with Gasteiger partial charge in [-0.25, -0.2) is 8.78 Å². The van der Waals surface area contributed by atoms with Gasteiger partial charge in [0.15, 0.2) is 5.82 Å². The maximum Gasteiger partial charge on any atom is 0.287 e. The van der Waals surface area contributed by atoms with Crippen LogP contribution in [-0.2, 0) is 0 Å². The van der Waals surface area contributed by atoms with Gasteiger partial charge in [-0.1, -0.05) is 0 Å². The van der Waals surface area contributed by atoms with Crippen molar-refractivity contribution < 1.29 is 13.9 Å². The first-order valence-corrected chi connectivity index (χ1v) is 4.88. The lowest BCUT2D eigenvalue weighted by Gasteiger charge is -2.15. The quantitative estimate of drug-likeness (QED) is 0.823. The molecule has 0 saturated heterocycles. The lowest BCUT2D eigenvalue weighted by Crippen LogP contribution is -2.31. The molecule has 1 aromatic rings. The van der Waals surface area contributed by atoms with Crippen LogP contribution in [0.2, 0.25) is 0 Å². The summed E-state index contributed by atoms with van der Waals surface area (Å²) in [6, 6.07) is 1.89. The Balaban J connectivity index is 2.94. The zero-order valence-corrected chi connectivity index (χ0v) is 9.46. The van der Waals surface area contributed by atoms with E-state index in [0.717, 1.165) is 0 Å². The highest BCUT2D eigenvalue weighted by Crippen LogP contribution is 2.19. The molecule has 7 heteroatoms. The Labute approximate surface area is 97.1 Å². The van der Waals surface area contributed by atoms with Crippen LogP contribution >= 0.6 is 0 Å². The van der Waals surface area contributed by atoms with Crippen molar-refractivity contribution in [1.29, 1.82) is 5.26 Å². The van der Waals surface area contributed by atoms with E-state index in [1.54, 1.807) is 13.8 Å². The first-order valence-electron chi connectivity index (χ1n) is 4.88. The number of anilines is 1. The van der Waals surface area contributed by atoms with Crippen LogP contribution in [0.1, 0.15) is 16.8 Å². The SMILES string of the molecule is Cc1nnc(NCC(F)(F)CO)c(C#N)c1C. The van der Waals surface area contributed by atoms with E-state index in [-0.39, 0.29) is 11.4 Å². The highest BCUT2D eigenvalue weighted by atomic mass is 19.3. The third-order valence-corrected chi connectivity index (χ3v) is 2.31. The Bertz CT molecular complexity index is 456. The van der Waals surface area contributed by atoms with E-state index in [2.05, 4.69) is 15.5 Å². The molecule has 1 aromatic heterocycles. The molecule has 0 saturated carbocycles. The average Bonchev–Trinajstić information content (AvgIpc) is 2.31. The Morgan fingerprint density at radius 1 is 1.41 bits per heavy atom. The smallest absolute Gasteiger partial charge is 0.287 e. The molecule has 0 aliphatic heterocycles. The molecule has 1 rings (SSSR count). The fraction of sp³-hybridized carbons (Fsp3) is 0.500. The summed E-state index contributed by atoms with van der Waals surface area (Å²) in [5.74, 6) is -3.25. The van der Waals surface area contributed by atoms with Gasteiger partial charge in [0.05, 0.1) is 12.2 Å². The van der Waals surface area contributed by atoms with Gasteiger partial charge in [-0.2, -0.15) is 10.4 Å². The summed E-state index contributed by atoms with van der Waals surface area (Å²) in [7, 11) is 0. The van der Waals surface area contributed by atoms with Gasteiger partial charge in [0, 0.05) is 0 Å². The normalized spacial score (nSPS) is 11.1. The van der Waals surface area contributed by atoms with E-state index in [9.17, 15) is 8.78 Å². The molecule has 2 N–H and O–H groups in total. The second kappa shape index (κ2) is 5.01. The van der Waals surface area contributed by atoms with Gasteiger partial charge in [-0.15, -0.1) is 5.10 Å². The topological polar surface area (TPSA) is 81.8 Å². The van der Waals surface area contributed by atoms with Gasteiger partial charge in [0.25, 0.3) is 5.92 Å². The Morgan fingerprint density at radius 3 is 2.59 bits per heavy atom. The van der Waals surface area contributed by atoms with Crippen molar-refractivity contribution in [3.8, 4) is 6.07 Å². The van der Waals surface area contributed by atoms with E-state index < -0.39 is 19.1 Å². The van der Waals surface area contributed by atoms with Crippen molar-refractivity contribution in [2.45, 2.75) is 19.8 Å². The Morgan fingerprint density at radius 2 is 2.06 bits per heavy atom. The highest BCUT2D eigenvalue weighted by molar-refractivity contribution is 5.55. The number of halogens is 2. The minimum atomic E-state index is -3.26. The third kappa shape index (κ3) is 3.07. The summed E-state index contributed by atoms with van der Waals surface area (Å²) in [4.78, 5) is 0. The predicted molar refractivity (Wildman–Crippen MR) is 56.7 cm³/mol. The van der Waals surface area contributed by atoms with E-state index >= 15 is 0 Å². The molecule has 92 valence electrons. The van der Waals surface area contributed by atoms with Crippen LogP contribution in [0.3, 0.4) is 0 Å². The maximum absolute atomic E-state index is 12.8. The fourth-order valence-electron chi connectivity index (χ4n) is 1.14. The summed E-state index contributed by atoms with van der Waals surface area (Å²) < 4.78 is 25.6. The molecule has 0 aliphatic carbocycles. The van der Waals surface area contributed by atoms with E-state index in [0.29, 0.717) is 11.3 Å².